The van der Waals surface area contributed by atoms with Gasteiger partial charge < -0.3 is 15.0 Å². The fourth-order valence-corrected chi connectivity index (χ4v) is 4.95. The first-order valence-electron chi connectivity index (χ1n) is 10.3. The van der Waals surface area contributed by atoms with Crippen LogP contribution in [0, 0.1) is 0 Å². The number of thiophene rings is 1. The molecule has 0 saturated carbocycles. The Balaban J connectivity index is 1.41. The van der Waals surface area contributed by atoms with Crippen LogP contribution in [0.2, 0.25) is 0 Å². The van der Waals surface area contributed by atoms with Gasteiger partial charge in [0, 0.05) is 42.8 Å². The van der Waals surface area contributed by atoms with Crippen molar-refractivity contribution in [2.75, 3.05) is 31.1 Å². The number of hydrogen-bond acceptors (Lipinski definition) is 5. The third-order valence-corrected chi connectivity index (χ3v) is 6.38. The van der Waals surface area contributed by atoms with Crippen LogP contribution in [0.1, 0.15) is 17.8 Å². The summed E-state index contributed by atoms with van der Waals surface area (Å²) in [5.41, 5.74) is 1.27. The molecule has 1 N–H and O–H groups in total. The molecule has 0 spiro atoms. The fourth-order valence-electron chi connectivity index (χ4n) is 3.99. The van der Waals surface area contributed by atoms with E-state index < -0.39 is 6.09 Å². The number of piperazine rings is 1. The van der Waals surface area contributed by atoms with E-state index in [9.17, 15) is 4.79 Å². The Morgan fingerprint density at radius 3 is 2.23 bits per heavy atom. The summed E-state index contributed by atoms with van der Waals surface area (Å²) in [6, 6.07) is 24.0. The van der Waals surface area contributed by atoms with Crippen LogP contribution in [0.5, 0.6) is 5.75 Å². The molecule has 2 unspecified atom stereocenters. The third-order valence-electron chi connectivity index (χ3n) is 5.44. The van der Waals surface area contributed by atoms with Crippen LogP contribution in [0.3, 0.4) is 0 Å². The van der Waals surface area contributed by atoms with Crippen molar-refractivity contribution in [3.8, 4) is 5.75 Å². The Labute approximate surface area is 181 Å². The van der Waals surface area contributed by atoms with Crippen molar-refractivity contribution in [2.24, 2.45) is 0 Å². The quantitative estimate of drug-likeness (QED) is 0.622. The lowest BCUT2D eigenvalue weighted by atomic mass is 10.0. The topological polar surface area (TPSA) is 44.8 Å². The Hall–Kier alpha value is -2.83. The number of anilines is 1. The first kappa shape index (κ1) is 20.4. The summed E-state index contributed by atoms with van der Waals surface area (Å²) in [6.45, 7) is 5.87. The molecule has 1 aromatic heterocycles. The highest BCUT2D eigenvalue weighted by Crippen LogP contribution is 2.30. The molecular formula is C24H27N3O2S. The lowest BCUT2D eigenvalue weighted by molar-refractivity contribution is 0.146. The number of benzene rings is 2. The third kappa shape index (κ3) is 5.01. The molecule has 1 aliphatic rings. The Bertz CT molecular complexity index is 910. The van der Waals surface area contributed by atoms with Crippen molar-refractivity contribution in [1.29, 1.82) is 0 Å². The van der Waals surface area contributed by atoms with E-state index in [0.717, 1.165) is 26.2 Å². The molecule has 0 radical (unpaired) electrons. The summed E-state index contributed by atoms with van der Waals surface area (Å²) >= 11 is 1.73. The van der Waals surface area contributed by atoms with Gasteiger partial charge in [-0.3, -0.25) is 4.90 Å². The van der Waals surface area contributed by atoms with Crippen LogP contribution in [-0.4, -0.2) is 43.2 Å². The lowest BCUT2D eigenvalue weighted by Gasteiger charge is -2.42. The second-order valence-corrected chi connectivity index (χ2v) is 8.43. The van der Waals surface area contributed by atoms with Crippen LogP contribution in [0.4, 0.5) is 10.5 Å². The molecule has 4 rings (SSSR count). The summed E-state index contributed by atoms with van der Waals surface area (Å²) in [5.74, 6) is 0.548. The van der Waals surface area contributed by atoms with E-state index in [1.54, 1.807) is 23.5 Å². The van der Waals surface area contributed by atoms with Gasteiger partial charge in [0.25, 0.3) is 0 Å². The number of rotatable bonds is 6. The van der Waals surface area contributed by atoms with Crippen molar-refractivity contribution in [2.45, 2.75) is 19.0 Å². The van der Waals surface area contributed by atoms with E-state index in [2.05, 4.69) is 69.9 Å². The number of nitrogens with one attached hydrogen (secondary N) is 1. The van der Waals surface area contributed by atoms with E-state index in [4.69, 9.17) is 4.74 Å². The minimum absolute atomic E-state index is 0.0804. The molecule has 2 atom stereocenters. The van der Waals surface area contributed by atoms with Gasteiger partial charge in [0.05, 0.1) is 6.04 Å². The zero-order valence-corrected chi connectivity index (χ0v) is 17.9. The molecule has 5 nitrogen and oxygen atoms in total. The molecule has 2 heterocycles. The number of carbonyl (C=O) groups is 1. The standard InChI is InChI=1S/C24H27N3O2S/c1-19(25-24(28)29-21-11-6-3-7-12-21)23(22-13-8-18-30-22)27-16-14-26(15-17-27)20-9-4-2-5-10-20/h2-13,18-19,23H,14-17H2,1H3,(H,25,28). The van der Waals surface area contributed by atoms with Gasteiger partial charge >= 0.3 is 6.09 Å². The molecule has 0 bridgehead atoms. The van der Waals surface area contributed by atoms with Gasteiger partial charge in [0.15, 0.2) is 0 Å². The Morgan fingerprint density at radius 1 is 0.933 bits per heavy atom. The van der Waals surface area contributed by atoms with Crippen molar-refractivity contribution in [3.63, 3.8) is 0 Å². The van der Waals surface area contributed by atoms with E-state index in [-0.39, 0.29) is 12.1 Å². The van der Waals surface area contributed by atoms with E-state index in [1.165, 1.54) is 10.6 Å². The van der Waals surface area contributed by atoms with Crippen molar-refractivity contribution in [3.05, 3.63) is 83.1 Å². The summed E-state index contributed by atoms with van der Waals surface area (Å²) in [6.07, 6.45) is -0.418. The predicted molar refractivity (Wildman–Crippen MR) is 122 cm³/mol. The second kappa shape index (κ2) is 9.78. The van der Waals surface area contributed by atoms with Gasteiger partial charge in [0.1, 0.15) is 5.75 Å². The second-order valence-electron chi connectivity index (χ2n) is 7.45. The molecule has 1 fully saturated rings. The molecule has 6 heteroatoms. The lowest BCUT2D eigenvalue weighted by Crippen LogP contribution is -2.52. The fraction of sp³-hybridized carbons (Fsp3) is 0.292. The van der Waals surface area contributed by atoms with Crippen LogP contribution in [-0.2, 0) is 0 Å². The Morgan fingerprint density at radius 2 is 1.60 bits per heavy atom. The average molecular weight is 422 g/mol. The molecule has 2 aromatic carbocycles. The highest BCUT2D eigenvalue weighted by atomic mass is 32.1. The number of nitrogens with zero attached hydrogens (tertiary/aromatic N) is 2. The maximum atomic E-state index is 12.5. The van der Waals surface area contributed by atoms with E-state index in [1.807, 2.05) is 18.2 Å². The van der Waals surface area contributed by atoms with Gasteiger partial charge in [-0.15, -0.1) is 11.3 Å². The zero-order valence-electron chi connectivity index (χ0n) is 17.1. The number of ether oxygens (including phenoxy) is 1. The van der Waals surface area contributed by atoms with E-state index in [0.29, 0.717) is 5.75 Å². The monoisotopic (exact) mass is 421 g/mol. The highest BCUT2D eigenvalue weighted by Gasteiger charge is 2.31. The van der Waals surface area contributed by atoms with Crippen LogP contribution in [0.15, 0.2) is 78.2 Å². The number of carbonyl (C=O) groups excluding carboxylic acids is 1. The Kier molecular flexibility index (Phi) is 6.67. The van der Waals surface area contributed by atoms with Crippen molar-refractivity contribution in [1.82, 2.24) is 10.2 Å². The molecule has 156 valence electrons. The van der Waals surface area contributed by atoms with Crippen molar-refractivity contribution < 1.29 is 9.53 Å². The highest BCUT2D eigenvalue weighted by molar-refractivity contribution is 7.10. The molecule has 1 aliphatic heterocycles. The largest absolute Gasteiger partial charge is 0.412 e. The summed E-state index contributed by atoms with van der Waals surface area (Å²) < 4.78 is 5.44. The minimum atomic E-state index is -0.418. The van der Waals surface area contributed by atoms with Gasteiger partial charge in [-0.2, -0.15) is 0 Å². The first-order chi connectivity index (χ1) is 14.7. The summed E-state index contributed by atoms with van der Waals surface area (Å²) in [7, 11) is 0. The minimum Gasteiger partial charge on any atom is -0.410 e. The maximum Gasteiger partial charge on any atom is 0.412 e. The summed E-state index contributed by atoms with van der Waals surface area (Å²) in [5, 5.41) is 5.14. The van der Waals surface area contributed by atoms with Crippen LogP contribution < -0.4 is 15.0 Å². The molecule has 0 aliphatic carbocycles. The zero-order chi connectivity index (χ0) is 20.8. The average Bonchev–Trinajstić information content (AvgIpc) is 3.30. The molecule has 3 aromatic rings. The van der Waals surface area contributed by atoms with Crippen LogP contribution in [0.25, 0.3) is 0 Å². The number of para-hydroxylation sites is 2. The molecular weight excluding hydrogens is 394 g/mol. The van der Waals surface area contributed by atoms with Gasteiger partial charge in [0.2, 0.25) is 0 Å². The van der Waals surface area contributed by atoms with Crippen molar-refractivity contribution >= 4 is 23.1 Å². The normalized spacial score (nSPS) is 16.6. The SMILES string of the molecule is CC(NC(=O)Oc1ccccc1)C(c1cccs1)N1CCN(c2ccccc2)CC1. The van der Waals surface area contributed by atoms with Gasteiger partial charge in [-0.1, -0.05) is 42.5 Å². The molecule has 1 amide bonds. The first-order valence-corrected chi connectivity index (χ1v) is 11.2. The van der Waals surface area contributed by atoms with Crippen LogP contribution >= 0.6 is 11.3 Å². The van der Waals surface area contributed by atoms with Gasteiger partial charge in [-0.25, -0.2) is 4.79 Å². The predicted octanol–water partition coefficient (Wildman–Crippen LogP) is 4.79. The maximum absolute atomic E-state index is 12.5. The van der Waals surface area contributed by atoms with Gasteiger partial charge in [-0.05, 0) is 42.6 Å². The van der Waals surface area contributed by atoms with E-state index >= 15 is 0 Å². The molecule has 1 saturated heterocycles. The summed E-state index contributed by atoms with van der Waals surface area (Å²) in [4.78, 5) is 18.6. The number of hydrogen-bond donors (Lipinski definition) is 1. The smallest absolute Gasteiger partial charge is 0.410 e. The number of amides is 1. The molecule has 30 heavy (non-hydrogen) atoms.